The SMILES string of the molecule is CC(C)(N)c1cncn1Cc1ccccn1. The maximum Gasteiger partial charge on any atom is 0.0952 e. The summed E-state index contributed by atoms with van der Waals surface area (Å²) < 4.78 is 2.03. The van der Waals surface area contributed by atoms with E-state index in [0.29, 0.717) is 6.54 Å². The molecule has 0 atom stereocenters. The Balaban J connectivity index is 2.26. The van der Waals surface area contributed by atoms with Gasteiger partial charge in [-0.05, 0) is 26.0 Å². The standard InChI is InChI=1S/C12H16N4/c1-12(2,13)11-7-14-9-16(11)8-10-5-3-4-6-15-10/h3-7,9H,8,13H2,1-2H3. The zero-order valence-corrected chi connectivity index (χ0v) is 9.59. The summed E-state index contributed by atoms with van der Waals surface area (Å²) in [5.41, 5.74) is 7.71. The Labute approximate surface area is 95.1 Å². The van der Waals surface area contributed by atoms with E-state index in [1.807, 2.05) is 42.8 Å². The second-order valence-corrected chi connectivity index (χ2v) is 4.45. The molecule has 0 saturated carbocycles. The number of imidazole rings is 1. The van der Waals surface area contributed by atoms with E-state index in [4.69, 9.17) is 5.73 Å². The summed E-state index contributed by atoms with van der Waals surface area (Å²) in [6.07, 6.45) is 5.39. The van der Waals surface area contributed by atoms with Gasteiger partial charge in [-0.25, -0.2) is 4.98 Å². The average molecular weight is 216 g/mol. The van der Waals surface area contributed by atoms with Gasteiger partial charge in [-0.15, -0.1) is 0 Å². The van der Waals surface area contributed by atoms with Crippen LogP contribution in [0.5, 0.6) is 0 Å². The quantitative estimate of drug-likeness (QED) is 0.846. The van der Waals surface area contributed by atoms with Crippen LogP contribution in [0.4, 0.5) is 0 Å². The van der Waals surface area contributed by atoms with Gasteiger partial charge in [0.2, 0.25) is 0 Å². The molecule has 0 unspecified atom stereocenters. The first-order valence-electron chi connectivity index (χ1n) is 5.27. The van der Waals surface area contributed by atoms with Crippen LogP contribution >= 0.6 is 0 Å². The van der Waals surface area contributed by atoms with E-state index in [0.717, 1.165) is 11.4 Å². The van der Waals surface area contributed by atoms with E-state index in [2.05, 4.69) is 9.97 Å². The number of pyridine rings is 1. The molecule has 0 spiro atoms. The summed E-state index contributed by atoms with van der Waals surface area (Å²) in [6, 6.07) is 5.88. The highest BCUT2D eigenvalue weighted by Crippen LogP contribution is 2.16. The van der Waals surface area contributed by atoms with Gasteiger partial charge in [-0.3, -0.25) is 4.98 Å². The first kappa shape index (κ1) is 10.8. The minimum atomic E-state index is -0.384. The minimum Gasteiger partial charge on any atom is -0.327 e. The lowest BCUT2D eigenvalue weighted by Crippen LogP contribution is -2.31. The van der Waals surface area contributed by atoms with Crippen LogP contribution < -0.4 is 5.73 Å². The van der Waals surface area contributed by atoms with Crippen molar-refractivity contribution in [2.75, 3.05) is 0 Å². The smallest absolute Gasteiger partial charge is 0.0952 e. The highest BCUT2D eigenvalue weighted by molar-refractivity contribution is 5.13. The molecule has 4 nitrogen and oxygen atoms in total. The summed E-state index contributed by atoms with van der Waals surface area (Å²) >= 11 is 0. The number of nitrogens with zero attached hydrogens (tertiary/aromatic N) is 3. The number of rotatable bonds is 3. The Morgan fingerprint density at radius 2 is 2.19 bits per heavy atom. The molecule has 0 aliphatic heterocycles. The van der Waals surface area contributed by atoms with Crippen molar-refractivity contribution in [3.8, 4) is 0 Å². The van der Waals surface area contributed by atoms with Crippen molar-refractivity contribution in [2.45, 2.75) is 25.9 Å². The van der Waals surface area contributed by atoms with E-state index in [1.54, 1.807) is 12.5 Å². The van der Waals surface area contributed by atoms with Crippen molar-refractivity contribution >= 4 is 0 Å². The van der Waals surface area contributed by atoms with Gasteiger partial charge in [0.25, 0.3) is 0 Å². The number of aromatic nitrogens is 3. The van der Waals surface area contributed by atoms with E-state index in [9.17, 15) is 0 Å². The maximum absolute atomic E-state index is 6.07. The molecule has 0 aliphatic carbocycles. The van der Waals surface area contributed by atoms with Crippen molar-refractivity contribution in [2.24, 2.45) is 5.73 Å². The largest absolute Gasteiger partial charge is 0.327 e. The van der Waals surface area contributed by atoms with E-state index in [1.165, 1.54) is 0 Å². The Bertz CT molecular complexity index is 453. The predicted molar refractivity (Wildman–Crippen MR) is 62.8 cm³/mol. The lowest BCUT2D eigenvalue weighted by Gasteiger charge is -2.20. The van der Waals surface area contributed by atoms with Crippen molar-refractivity contribution in [1.29, 1.82) is 0 Å². The fourth-order valence-electron chi connectivity index (χ4n) is 1.65. The molecule has 0 saturated heterocycles. The Hall–Kier alpha value is -1.68. The van der Waals surface area contributed by atoms with Crippen LogP contribution in [0.25, 0.3) is 0 Å². The molecule has 0 aromatic carbocycles. The monoisotopic (exact) mass is 216 g/mol. The van der Waals surface area contributed by atoms with Crippen LogP contribution in [0.1, 0.15) is 25.2 Å². The van der Waals surface area contributed by atoms with Crippen LogP contribution in [-0.4, -0.2) is 14.5 Å². The van der Waals surface area contributed by atoms with Crippen LogP contribution in [-0.2, 0) is 12.1 Å². The van der Waals surface area contributed by atoms with Crippen LogP contribution in [0.3, 0.4) is 0 Å². The minimum absolute atomic E-state index is 0.384. The third-order valence-electron chi connectivity index (χ3n) is 2.43. The average Bonchev–Trinajstić information content (AvgIpc) is 2.67. The molecule has 16 heavy (non-hydrogen) atoms. The van der Waals surface area contributed by atoms with Crippen molar-refractivity contribution in [3.63, 3.8) is 0 Å². The Morgan fingerprint density at radius 3 is 2.81 bits per heavy atom. The zero-order valence-electron chi connectivity index (χ0n) is 9.59. The molecule has 0 amide bonds. The molecule has 2 aromatic rings. The zero-order chi connectivity index (χ0) is 11.6. The third kappa shape index (κ3) is 2.28. The molecule has 84 valence electrons. The van der Waals surface area contributed by atoms with Gasteiger partial charge in [-0.2, -0.15) is 0 Å². The summed E-state index contributed by atoms with van der Waals surface area (Å²) in [6.45, 7) is 4.65. The van der Waals surface area contributed by atoms with Gasteiger partial charge in [0.15, 0.2) is 0 Å². The Kier molecular flexibility index (Phi) is 2.75. The Morgan fingerprint density at radius 1 is 1.38 bits per heavy atom. The molecule has 0 radical (unpaired) electrons. The normalized spacial score (nSPS) is 11.7. The summed E-state index contributed by atoms with van der Waals surface area (Å²) in [4.78, 5) is 8.43. The first-order chi connectivity index (χ1) is 7.57. The van der Waals surface area contributed by atoms with Crippen molar-refractivity contribution in [3.05, 3.63) is 48.3 Å². The van der Waals surface area contributed by atoms with E-state index >= 15 is 0 Å². The van der Waals surface area contributed by atoms with Crippen LogP contribution in [0.15, 0.2) is 36.9 Å². The second-order valence-electron chi connectivity index (χ2n) is 4.45. The van der Waals surface area contributed by atoms with Gasteiger partial charge in [0, 0.05) is 12.4 Å². The number of hydrogen-bond acceptors (Lipinski definition) is 3. The molecule has 0 aliphatic rings. The van der Waals surface area contributed by atoms with Gasteiger partial charge in [-0.1, -0.05) is 6.07 Å². The van der Waals surface area contributed by atoms with E-state index in [-0.39, 0.29) is 5.54 Å². The number of nitrogens with two attached hydrogens (primary N) is 1. The predicted octanol–water partition coefficient (Wildman–Crippen LogP) is 1.52. The molecule has 2 heterocycles. The fourth-order valence-corrected chi connectivity index (χ4v) is 1.65. The summed E-state index contributed by atoms with van der Waals surface area (Å²) in [5, 5.41) is 0. The summed E-state index contributed by atoms with van der Waals surface area (Å²) in [5.74, 6) is 0. The van der Waals surface area contributed by atoms with E-state index < -0.39 is 0 Å². The van der Waals surface area contributed by atoms with Crippen molar-refractivity contribution < 1.29 is 0 Å². The second kappa shape index (κ2) is 4.06. The first-order valence-corrected chi connectivity index (χ1v) is 5.27. The fraction of sp³-hybridized carbons (Fsp3) is 0.333. The van der Waals surface area contributed by atoms with Gasteiger partial charge < -0.3 is 10.3 Å². The molecular formula is C12H16N4. The summed E-state index contributed by atoms with van der Waals surface area (Å²) in [7, 11) is 0. The van der Waals surface area contributed by atoms with Gasteiger partial charge in [0.1, 0.15) is 0 Å². The molecular weight excluding hydrogens is 200 g/mol. The van der Waals surface area contributed by atoms with Crippen LogP contribution in [0.2, 0.25) is 0 Å². The molecule has 2 rings (SSSR count). The molecule has 0 fully saturated rings. The molecule has 2 N–H and O–H groups in total. The highest BCUT2D eigenvalue weighted by Gasteiger charge is 2.18. The van der Waals surface area contributed by atoms with Gasteiger partial charge >= 0.3 is 0 Å². The topological polar surface area (TPSA) is 56.7 Å². The lowest BCUT2D eigenvalue weighted by atomic mass is 10.0. The van der Waals surface area contributed by atoms with Gasteiger partial charge in [0.05, 0.1) is 29.8 Å². The molecule has 2 aromatic heterocycles. The maximum atomic E-state index is 6.07. The number of hydrogen-bond donors (Lipinski definition) is 1. The van der Waals surface area contributed by atoms with Crippen LogP contribution in [0, 0.1) is 0 Å². The van der Waals surface area contributed by atoms with Crippen molar-refractivity contribution in [1.82, 2.24) is 14.5 Å². The molecule has 4 heteroatoms. The lowest BCUT2D eigenvalue weighted by molar-refractivity contribution is 0.502. The third-order valence-corrected chi connectivity index (χ3v) is 2.43. The molecule has 0 bridgehead atoms. The highest BCUT2D eigenvalue weighted by atomic mass is 15.1.